The highest BCUT2D eigenvalue weighted by Gasteiger charge is 2.28. The van der Waals surface area contributed by atoms with Gasteiger partial charge < -0.3 is 20.0 Å². The quantitative estimate of drug-likeness (QED) is 0.662. The van der Waals surface area contributed by atoms with Crippen molar-refractivity contribution in [1.29, 1.82) is 0 Å². The standard InChI is InChI=1S/C19H24N4O5/c1-4-5-8-23-18(25)16(17(24)20-19(23)26)14-10-13(21-22-14)12-7-6-11(27-2)9-15(12)28-3/h6-7,9,13,21,25H,4-5,8,10H2,1-3H3,(H,20,24,26). The number of nitrogens with zero attached hydrogens (tertiary/aromatic N) is 2. The lowest BCUT2D eigenvalue weighted by Crippen LogP contribution is -2.33. The van der Waals surface area contributed by atoms with Gasteiger partial charge in [-0.2, -0.15) is 5.10 Å². The van der Waals surface area contributed by atoms with Crippen molar-refractivity contribution in [3.05, 3.63) is 50.2 Å². The van der Waals surface area contributed by atoms with E-state index in [2.05, 4.69) is 15.5 Å². The summed E-state index contributed by atoms with van der Waals surface area (Å²) in [5, 5.41) is 14.8. The molecule has 0 bridgehead atoms. The maximum absolute atomic E-state index is 12.3. The van der Waals surface area contributed by atoms with Gasteiger partial charge in [0.2, 0.25) is 5.88 Å². The second-order valence-electron chi connectivity index (χ2n) is 6.52. The van der Waals surface area contributed by atoms with E-state index in [0.29, 0.717) is 36.6 Å². The summed E-state index contributed by atoms with van der Waals surface area (Å²) in [6.07, 6.45) is 1.91. The molecular weight excluding hydrogens is 364 g/mol. The number of rotatable bonds is 7. The molecule has 0 aliphatic carbocycles. The zero-order valence-corrected chi connectivity index (χ0v) is 16.1. The average Bonchev–Trinajstić information content (AvgIpc) is 3.16. The number of H-pyrrole nitrogens is 1. The molecular formula is C19H24N4O5. The molecule has 0 amide bonds. The molecule has 9 nitrogen and oxygen atoms in total. The fourth-order valence-electron chi connectivity index (χ4n) is 3.23. The minimum Gasteiger partial charge on any atom is -0.497 e. The van der Waals surface area contributed by atoms with E-state index in [-0.39, 0.29) is 17.5 Å². The molecule has 1 unspecified atom stereocenters. The molecule has 1 aliphatic heterocycles. The van der Waals surface area contributed by atoms with Gasteiger partial charge in [-0.15, -0.1) is 0 Å². The van der Waals surface area contributed by atoms with Crippen molar-refractivity contribution in [3.63, 3.8) is 0 Å². The van der Waals surface area contributed by atoms with Gasteiger partial charge >= 0.3 is 5.69 Å². The Kier molecular flexibility index (Phi) is 5.72. The Balaban J connectivity index is 1.92. The van der Waals surface area contributed by atoms with E-state index in [4.69, 9.17) is 9.47 Å². The number of hydrogen-bond donors (Lipinski definition) is 3. The van der Waals surface area contributed by atoms with Gasteiger partial charge in [0.15, 0.2) is 0 Å². The van der Waals surface area contributed by atoms with Gasteiger partial charge in [-0.1, -0.05) is 13.3 Å². The molecule has 3 N–H and O–H groups in total. The van der Waals surface area contributed by atoms with Gasteiger partial charge in [-0.25, -0.2) is 4.79 Å². The minimum absolute atomic E-state index is 0.0122. The first-order chi connectivity index (χ1) is 13.5. The van der Waals surface area contributed by atoms with Crippen molar-refractivity contribution >= 4 is 5.71 Å². The lowest BCUT2D eigenvalue weighted by molar-refractivity contribution is 0.386. The maximum Gasteiger partial charge on any atom is 0.331 e. The third-order valence-corrected chi connectivity index (χ3v) is 4.76. The molecule has 1 atom stereocenters. The number of benzene rings is 1. The predicted molar refractivity (Wildman–Crippen MR) is 104 cm³/mol. The highest BCUT2D eigenvalue weighted by Crippen LogP contribution is 2.34. The molecule has 9 heteroatoms. The van der Waals surface area contributed by atoms with Gasteiger partial charge in [0.1, 0.15) is 17.1 Å². The number of nitrogens with one attached hydrogen (secondary N) is 2. The third-order valence-electron chi connectivity index (χ3n) is 4.76. The van der Waals surface area contributed by atoms with E-state index in [1.807, 2.05) is 19.1 Å². The maximum atomic E-state index is 12.3. The Labute approximate surface area is 161 Å². The van der Waals surface area contributed by atoms with Crippen LogP contribution in [0.2, 0.25) is 0 Å². The van der Waals surface area contributed by atoms with E-state index in [9.17, 15) is 14.7 Å². The Hall–Kier alpha value is -3.23. The van der Waals surface area contributed by atoms with Crippen LogP contribution in [-0.4, -0.2) is 34.6 Å². The zero-order chi connectivity index (χ0) is 20.3. The molecule has 150 valence electrons. The number of hydrogen-bond acceptors (Lipinski definition) is 7. The molecule has 0 spiro atoms. The molecule has 0 saturated carbocycles. The number of methoxy groups -OCH3 is 2. The lowest BCUT2D eigenvalue weighted by atomic mass is 9.99. The van der Waals surface area contributed by atoms with Gasteiger partial charge in [0.25, 0.3) is 5.56 Å². The smallest absolute Gasteiger partial charge is 0.331 e. The van der Waals surface area contributed by atoms with E-state index >= 15 is 0 Å². The zero-order valence-electron chi connectivity index (χ0n) is 16.1. The number of hydrazone groups is 1. The summed E-state index contributed by atoms with van der Waals surface area (Å²) in [4.78, 5) is 26.6. The summed E-state index contributed by atoms with van der Waals surface area (Å²) in [6, 6.07) is 5.20. The Morgan fingerprint density at radius 1 is 1.29 bits per heavy atom. The minimum atomic E-state index is -0.654. The van der Waals surface area contributed by atoms with E-state index < -0.39 is 11.2 Å². The van der Waals surface area contributed by atoms with Crippen LogP contribution in [-0.2, 0) is 6.54 Å². The van der Waals surface area contributed by atoms with Crippen molar-refractivity contribution in [1.82, 2.24) is 15.0 Å². The van der Waals surface area contributed by atoms with Crippen molar-refractivity contribution in [2.75, 3.05) is 14.2 Å². The number of aromatic amines is 1. The normalized spacial score (nSPS) is 15.8. The highest BCUT2D eigenvalue weighted by atomic mass is 16.5. The van der Waals surface area contributed by atoms with Crippen molar-refractivity contribution in [2.24, 2.45) is 5.10 Å². The fourth-order valence-corrected chi connectivity index (χ4v) is 3.23. The predicted octanol–water partition coefficient (Wildman–Crippen LogP) is 1.50. The summed E-state index contributed by atoms with van der Waals surface area (Å²) < 4.78 is 11.8. The van der Waals surface area contributed by atoms with Crippen molar-refractivity contribution in [3.8, 4) is 17.4 Å². The molecule has 0 saturated heterocycles. The van der Waals surface area contributed by atoms with Crippen molar-refractivity contribution in [2.45, 2.75) is 38.8 Å². The van der Waals surface area contributed by atoms with Crippen LogP contribution < -0.4 is 26.1 Å². The number of aromatic hydroxyl groups is 1. The largest absolute Gasteiger partial charge is 0.497 e. The molecule has 1 aromatic carbocycles. The SMILES string of the molecule is CCCCn1c(O)c(C2=NNC(c3ccc(OC)cc3OC)C2)c(=O)[nH]c1=O. The summed E-state index contributed by atoms with van der Waals surface area (Å²) >= 11 is 0. The van der Waals surface area contributed by atoms with Crippen LogP contribution in [0.3, 0.4) is 0 Å². The van der Waals surface area contributed by atoms with E-state index in [1.54, 1.807) is 20.3 Å². The van der Waals surface area contributed by atoms with Gasteiger partial charge in [-0.05, 0) is 18.6 Å². The lowest BCUT2D eigenvalue weighted by Gasteiger charge is -2.15. The monoisotopic (exact) mass is 388 g/mol. The summed E-state index contributed by atoms with van der Waals surface area (Å²) in [5.41, 5.74) is 2.94. The van der Waals surface area contributed by atoms with Crippen LogP contribution in [0.15, 0.2) is 32.9 Å². The van der Waals surface area contributed by atoms with Crippen LogP contribution >= 0.6 is 0 Å². The van der Waals surface area contributed by atoms with Crippen LogP contribution in [0.4, 0.5) is 0 Å². The van der Waals surface area contributed by atoms with E-state index in [0.717, 1.165) is 12.0 Å². The van der Waals surface area contributed by atoms with Gasteiger partial charge in [0.05, 0.1) is 26.0 Å². The Morgan fingerprint density at radius 3 is 2.75 bits per heavy atom. The van der Waals surface area contributed by atoms with Crippen molar-refractivity contribution < 1.29 is 14.6 Å². The first-order valence-corrected chi connectivity index (χ1v) is 9.10. The highest BCUT2D eigenvalue weighted by molar-refractivity contribution is 6.03. The third kappa shape index (κ3) is 3.60. The second kappa shape index (κ2) is 8.20. The molecule has 2 aromatic rings. The molecule has 1 aliphatic rings. The Bertz CT molecular complexity index is 1010. The average molecular weight is 388 g/mol. The molecule has 28 heavy (non-hydrogen) atoms. The number of aromatic nitrogens is 2. The first kappa shape index (κ1) is 19.5. The molecule has 3 rings (SSSR count). The summed E-state index contributed by atoms with van der Waals surface area (Å²) in [7, 11) is 3.14. The van der Waals surface area contributed by atoms with Gasteiger partial charge in [-0.3, -0.25) is 14.3 Å². The molecule has 0 fully saturated rings. The van der Waals surface area contributed by atoms with Crippen LogP contribution in [0.1, 0.15) is 43.4 Å². The molecule has 1 aromatic heterocycles. The second-order valence-corrected chi connectivity index (χ2v) is 6.52. The first-order valence-electron chi connectivity index (χ1n) is 9.10. The van der Waals surface area contributed by atoms with Crippen LogP contribution in [0.25, 0.3) is 0 Å². The molecule has 0 radical (unpaired) electrons. The van der Waals surface area contributed by atoms with Crippen LogP contribution in [0, 0.1) is 0 Å². The number of unbranched alkanes of at least 4 members (excludes halogenated alkanes) is 1. The molecule has 2 heterocycles. The van der Waals surface area contributed by atoms with Gasteiger partial charge in [0, 0.05) is 24.6 Å². The summed E-state index contributed by atoms with van der Waals surface area (Å²) in [5.74, 6) is 0.932. The fraction of sp³-hybridized carbons (Fsp3) is 0.421. The number of ether oxygens (including phenoxy) is 2. The van der Waals surface area contributed by atoms with E-state index in [1.165, 1.54) is 4.57 Å². The summed E-state index contributed by atoms with van der Waals surface area (Å²) in [6.45, 7) is 2.30. The topological polar surface area (TPSA) is 118 Å². The Morgan fingerprint density at radius 2 is 2.07 bits per heavy atom. The van der Waals surface area contributed by atoms with Crippen LogP contribution in [0.5, 0.6) is 17.4 Å².